The minimum atomic E-state index is -0.772. The molecule has 124 valence electrons. The molecule has 4 aromatic rings. The second kappa shape index (κ2) is 5.89. The number of nitrogens with zero attached hydrogens (tertiary/aromatic N) is 5. The van der Waals surface area contributed by atoms with Crippen LogP contribution in [0.25, 0.3) is 33.1 Å². The standard InChI is InChI=1S/C17H15N7O/c18-5-3-11(25)8-24-9-13-16(23-24)12-2-1-10(14-4-6-20-22-14)7-15(12)21-17(13)19/h1-2,4,6-7,9,11,25H,3,8H2,(H2,19,21)(H,20,22)/t11-/m1/s1. The van der Waals surface area contributed by atoms with Crippen molar-refractivity contribution in [3.8, 4) is 17.3 Å². The summed E-state index contributed by atoms with van der Waals surface area (Å²) >= 11 is 0. The number of aromatic nitrogens is 5. The number of aromatic amines is 1. The smallest absolute Gasteiger partial charge is 0.135 e. The zero-order valence-corrected chi connectivity index (χ0v) is 13.2. The van der Waals surface area contributed by atoms with Gasteiger partial charge in [0.1, 0.15) is 11.3 Å². The minimum absolute atomic E-state index is 0.0533. The van der Waals surface area contributed by atoms with Crippen LogP contribution < -0.4 is 5.73 Å². The maximum absolute atomic E-state index is 9.81. The molecule has 0 radical (unpaired) electrons. The first-order valence-electron chi connectivity index (χ1n) is 7.77. The average molecular weight is 333 g/mol. The fraction of sp³-hybridized carbons (Fsp3) is 0.176. The van der Waals surface area contributed by atoms with Crippen LogP contribution in [-0.2, 0) is 6.54 Å². The molecule has 4 N–H and O–H groups in total. The molecule has 3 heterocycles. The molecule has 0 aliphatic carbocycles. The number of anilines is 1. The van der Waals surface area contributed by atoms with Crippen molar-refractivity contribution in [2.24, 2.45) is 0 Å². The van der Waals surface area contributed by atoms with E-state index in [0.717, 1.165) is 33.1 Å². The minimum Gasteiger partial charge on any atom is -0.390 e. The summed E-state index contributed by atoms with van der Waals surface area (Å²) in [6.07, 6.45) is 2.79. The molecule has 1 atom stereocenters. The monoisotopic (exact) mass is 333 g/mol. The van der Waals surface area contributed by atoms with E-state index in [4.69, 9.17) is 11.0 Å². The molecule has 0 fully saturated rings. The molecule has 0 spiro atoms. The highest BCUT2D eigenvalue weighted by Gasteiger charge is 2.14. The Labute approximate surface area is 142 Å². The number of rotatable bonds is 4. The van der Waals surface area contributed by atoms with Gasteiger partial charge in [-0.05, 0) is 18.2 Å². The molecule has 1 aromatic carbocycles. The normalized spacial score (nSPS) is 12.5. The first-order chi connectivity index (χ1) is 12.2. The van der Waals surface area contributed by atoms with E-state index in [1.165, 1.54) is 0 Å². The van der Waals surface area contributed by atoms with Crippen molar-refractivity contribution in [2.45, 2.75) is 19.1 Å². The summed E-state index contributed by atoms with van der Waals surface area (Å²) in [6, 6.07) is 9.65. The van der Waals surface area contributed by atoms with Gasteiger partial charge in [0.2, 0.25) is 0 Å². The molecule has 8 nitrogen and oxygen atoms in total. The summed E-state index contributed by atoms with van der Waals surface area (Å²) in [7, 11) is 0. The van der Waals surface area contributed by atoms with E-state index >= 15 is 0 Å². The van der Waals surface area contributed by atoms with E-state index in [2.05, 4.69) is 20.3 Å². The maximum Gasteiger partial charge on any atom is 0.135 e. The number of H-pyrrole nitrogens is 1. The van der Waals surface area contributed by atoms with Crippen LogP contribution in [0.15, 0.2) is 36.7 Å². The van der Waals surface area contributed by atoms with Crippen molar-refractivity contribution in [3.63, 3.8) is 0 Å². The molecule has 0 aliphatic heterocycles. The highest BCUT2D eigenvalue weighted by molar-refractivity contribution is 6.08. The second-order valence-electron chi connectivity index (χ2n) is 5.82. The van der Waals surface area contributed by atoms with Gasteiger partial charge in [-0.1, -0.05) is 6.07 Å². The lowest BCUT2D eigenvalue weighted by Gasteiger charge is -2.05. The Hall–Kier alpha value is -3.44. The molecular weight excluding hydrogens is 318 g/mol. The Bertz CT molecular complexity index is 1090. The first kappa shape index (κ1) is 15.1. The fourth-order valence-electron chi connectivity index (χ4n) is 2.88. The van der Waals surface area contributed by atoms with E-state index in [1.807, 2.05) is 30.3 Å². The predicted molar refractivity (Wildman–Crippen MR) is 93.3 cm³/mol. The van der Waals surface area contributed by atoms with Crippen molar-refractivity contribution in [2.75, 3.05) is 5.73 Å². The molecule has 25 heavy (non-hydrogen) atoms. The number of aliphatic hydroxyl groups excluding tert-OH is 1. The number of hydrogen-bond donors (Lipinski definition) is 3. The average Bonchev–Trinajstić information content (AvgIpc) is 3.24. The Morgan fingerprint density at radius 3 is 2.96 bits per heavy atom. The Kier molecular flexibility index (Phi) is 3.56. The molecule has 0 unspecified atom stereocenters. The highest BCUT2D eigenvalue weighted by atomic mass is 16.3. The summed E-state index contributed by atoms with van der Waals surface area (Å²) in [4.78, 5) is 4.47. The van der Waals surface area contributed by atoms with Crippen LogP contribution in [0.2, 0.25) is 0 Å². The molecule has 0 bridgehead atoms. The number of benzene rings is 1. The summed E-state index contributed by atoms with van der Waals surface area (Å²) in [5.41, 5.74) is 9.31. The van der Waals surface area contributed by atoms with Crippen molar-refractivity contribution in [1.29, 1.82) is 5.26 Å². The van der Waals surface area contributed by atoms with E-state index in [-0.39, 0.29) is 13.0 Å². The summed E-state index contributed by atoms with van der Waals surface area (Å²) < 4.78 is 1.60. The summed E-state index contributed by atoms with van der Waals surface area (Å²) in [5.74, 6) is 0.378. The second-order valence-corrected chi connectivity index (χ2v) is 5.82. The number of fused-ring (bicyclic) bond motifs is 3. The van der Waals surface area contributed by atoms with Crippen molar-refractivity contribution in [3.05, 3.63) is 36.7 Å². The van der Waals surface area contributed by atoms with Crippen LogP contribution >= 0.6 is 0 Å². The molecule has 0 saturated heterocycles. The fourth-order valence-corrected chi connectivity index (χ4v) is 2.88. The lowest BCUT2D eigenvalue weighted by molar-refractivity contribution is 0.154. The van der Waals surface area contributed by atoms with Crippen LogP contribution in [0.4, 0.5) is 5.82 Å². The molecule has 0 saturated carbocycles. The van der Waals surface area contributed by atoms with Crippen LogP contribution in [0.1, 0.15) is 6.42 Å². The Morgan fingerprint density at radius 2 is 2.20 bits per heavy atom. The topological polar surface area (TPSA) is 129 Å². The van der Waals surface area contributed by atoms with Gasteiger partial charge in [0.15, 0.2) is 0 Å². The maximum atomic E-state index is 9.81. The van der Waals surface area contributed by atoms with Crippen molar-refractivity contribution < 1.29 is 5.11 Å². The lowest BCUT2D eigenvalue weighted by atomic mass is 10.1. The highest BCUT2D eigenvalue weighted by Crippen LogP contribution is 2.29. The van der Waals surface area contributed by atoms with Crippen LogP contribution in [0.3, 0.4) is 0 Å². The Morgan fingerprint density at radius 1 is 1.32 bits per heavy atom. The van der Waals surface area contributed by atoms with Crippen LogP contribution in [0.5, 0.6) is 0 Å². The van der Waals surface area contributed by atoms with Gasteiger partial charge in [0.05, 0.1) is 41.7 Å². The zero-order chi connectivity index (χ0) is 17.4. The third kappa shape index (κ3) is 2.66. The van der Waals surface area contributed by atoms with Gasteiger partial charge in [-0.15, -0.1) is 0 Å². The number of aliphatic hydroxyl groups is 1. The van der Waals surface area contributed by atoms with Gasteiger partial charge in [0, 0.05) is 23.3 Å². The number of nitrogens with two attached hydrogens (primary N) is 1. The summed E-state index contributed by atoms with van der Waals surface area (Å²) in [6.45, 7) is 0.231. The van der Waals surface area contributed by atoms with Gasteiger partial charge in [0.25, 0.3) is 0 Å². The van der Waals surface area contributed by atoms with Crippen molar-refractivity contribution >= 4 is 27.6 Å². The predicted octanol–water partition coefficient (Wildman–Crippen LogP) is 1.83. The van der Waals surface area contributed by atoms with Crippen molar-refractivity contribution in [1.82, 2.24) is 25.0 Å². The van der Waals surface area contributed by atoms with Crippen LogP contribution in [0, 0.1) is 11.3 Å². The number of hydrogen-bond acceptors (Lipinski definition) is 6. The molecule has 4 rings (SSSR count). The van der Waals surface area contributed by atoms with Crippen LogP contribution in [-0.4, -0.2) is 36.2 Å². The third-order valence-electron chi connectivity index (χ3n) is 4.05. The Balaban J connectivity index is 1.83. The molecular formula is C17H15N7O. The van der Waals surface area contributed by atoms with E-state index in [0.29, 0.717) is 5.82 Å². The molecule has 0 amide bonds. The molecule has 0 aliphatic rings. The largest absolute Gasteiger partial charge is 0.390 e. The number of nitrogen functional groups attached to an aromatic ring is 1. The number of nitriles is 1. The van der Waals surface area contributed by atoms with Gasteiger partial charge >= 0.3 is 0 Å². The SMILES string of the molecule is N#CC[C@@H](O)Cn1cc2c(N)nc3cc(-c4cc[nH]n4)ccc3c2n1. The van der Waals surface area contributed by atoms with Gasteiger partial charge in [-0.2, -0.15) is 15.5 Å². The van der Waals surface area contributed by atoms with E-state index in [9.17, 15) is 5.11 Å². The van der Waals surface area contributed by atoms with E-state index < -0.39 is 6.10 Å². The third-order valence-corrected chi connectivity index (χ3v) is 4.05. The molecule has 8 heteroatoms. The van der Waals surface area contributed by atoms with Gasteiger partial charge in [-0.3, -0.25) is 9.78 Å². The lowest BCUT2D eigenvalue weighted by Crippen LogP contribution is -2.15. The number of nitrogens with one attached hydrogen (secondary N) is 1. The zero-order valence-electron chi connectivity index (χ0n) is 13.2. The molecule has 3 aromatic heterocycles. The van der Waals surface area contributed by atoms with Gasteiger partial charge < -0.3 is 10.8 Å². The van der Waals surface area contributed by atoms with Gasteiger partial charge in [-0.25, -0.2) is 4.98 Å². The number of pyridine rings is 1. The summed E-state index contributed by atoms with van der Waals surface area (Å²) in [5, 5.41) is 31.6. The first-order valence-corrected chi connectivity index (χ1v) is 7.77. The van der Waals surface area contributed by atoms with E-state index in [1.54, 1.807) is 17.1 Å². The quantitative estimate of drug-likeness (QED) is 0.522.